The molecule has 2 rings (SSSR count). The number of aryl methyl sites for hydroxylation is 2. The molecule has 0 aliphatic carbocycles. The molecular weight excluding hydrogens is 493 g/mol. The average molecular weight is 524 g/mol. The van der Waals surface area contributed by atoms with Gasteiger partial charge in [-0.1, -0.05) is 25.6 Å². The molecule has 2 aromatic rings. The summed E-state index contributed by atoms with van der Waals surface area (Å²) in [6.07, 6.45) is 5.82. The molecule has 0 unspecified atom stereocenters. The van der Waals surface area contributed by atoms with E-state index in [1.54, 1.807) is 30.1 Å². The van der Waals surface area contributed by atoms with Gasteiger partial charge >= 0.3 is 0 Å². The topological polar surface area (TPSA) is 80.0 Å². The van der Waals surface area contributed by atoms with Crippen molar-refractivity contribution in [2.75, 3.05) is 19.8 Å². The molecule has 0 amide bonds. The first kappa shape index (κ1) is 24.2. The molecule has 2 aromatic heterocycles. The van der Waals surface area contributed by atoms with E-state index in [1.807, 2.05) is 12.5 Å². The standard InChI is InChI=1S/C17H29N7S2.HI/c1-12(2)11-24-14(22-23-17(24)25-5)7-6-8-19-16(18-4)21-10-15-20-9-13(3)26-15;/h9,12H,6-8,10-11H2,1-5H3,(H2,18,19,21);1H. The Morgan fingerprint density at radius 3 is 2.70 bits per heavy atom. The van der Waals surface area contributed by atoms with Crippen molar-refractivity contribution < 1.29 is 0 Å². The minimum Gasteiger partial charge on any atom is -0.356 e. The number of halogens is 1. The second-order valence-electron chi connectivity index (χ2n) is 6.43. The number of guanidine groups is 1. The molecule has 0 aromatic carbocycles. The van der Waals surface area contributed by atoms with Gasteiger partial charge in [-0.15, -0.1) is 45.5 Å². The molecule has 27 heavy (non-hydrogen) atoms. The normalized spacial score (nSPS) is 11.6. The monoisotopic (exact) mass is 523 g/mol. The first-order valence-electron chi connectivity index (χ1n) is 8.85. The molecule has 2 N–H and O–H groups in total. The third-order valence-electron chi connectivity index (χ3n) is 3.69. The zero-order valence-corrected chi connectivity index (χ0v) is 20.6. The molecule has 0 saturated heterocycles. The van der Waals surface area contributed by atoms with E-state index in [9.17, 15) is 0 Å². The lowest BCUT2D eigenvalue weighted by Crippen LogP contribution is -2.37. The Kier molecular flexibility index (Phi) is 11.2. The number of hydrogen-bond acceptors (Lipinski definition) is 6. The largest absolute Gasteiger partial charge is 0.356 e. The molecule has 0 radical (unpaired) electrons. The lowest BCUT2D eigenvalue weighted by molar-refractivity contribution is 0.477. The van der Waals surface area contributed by atoms with Crippen molar-refractivity contribution in [1.82, 2.24) is 30.4 Å². The van der Waals surface area contributed by atoms with Crippen LogP contribution < -0.4 is 10.6 Å². The number of thioether (sulfide) groups is 1. The summed E-state index contributed by atoms with van der Waals surface area (Å²) in [5.74, 6) is 2.43. The molecule has 0 aliphatic rings. The number of nitrogens with one attached hydrogen (secondary N) is 2. The number of thiazole rings is 1. The smallest absolute Gasteiger partial charge is 0.191 e. The Hall–Kier alpha value is -0.880. The minimum absolute atomic E-state index is 0. The van der Waals surface area contributed by atoms with E-state index < -0.39 is 0 Å². The van der Waals surface area contributed by atoms with Crippen LogP contribution in [0.5, 0.6) is 0 Å². The second kappa shape index (κ2) is 12.6. The maximum Gasteiger partial charge on any atom is 0.191 e. The van der Waals surface area contributed by atoms with Gasteiger partial charge in [0.15, 0.2) is 11.1 Å². The van der Waals surface area contributed by atoms with E-state index in [-0.39, 0.29) is 24.0 Å². The van der Waals surface area contributed by atoms with E-state index in [4.69, 9.17) is 0 Å². The first-order chi connectivity index (χ1) is 12.5. The van der Waals surface area contributed by atoms with Crippen molar-refractivity contribution in [3.63, 3.8) is 0 Å². The predicted octanol–water partition coefficient (Wildman–Crippen LogP) is 3.34. The third-order valence-corrected chi connectivity index (χ3v) is 5.27. The summed E-state index contributed by atoms with van der Waals surface area (Å²) >= 11 is 3.35. The Morgan fingerprint density at radius 2 is 2.11 bits per heavy atom. The van der Waals surface area contributed by atoms with Crippen molar-refractivity contribution in [2.24, 2.45) is 10.9 Å². The van der Waals surface area contributed by atoms with Crippen LogP contribution in [0, 0.1) is 12.8 Å². The zero-order chi connectivity index (χ0) is 18.9. The average Bonchev–Trinajstić information content (AvgIpc) is 3.20. The van der Waals surface area contributed by atoms with Gasteiger partial charge in [0.25, 0.3) is 0 Å². The van der Waals surface area contributed by atoms with Crippen LogP contribution in [0.2, 0.25) is 0 Å². The fraction of sp³-hybridized carbons (Fsp3) is 0.647. The van der Waals surface area contributed by atoms with Gasteiger partial charge in [0, 0.05) is 37.6 Å². The van der Waals surface area contributed by atoms with Crippen LogP contribution in [-0.4, -0.2) is 45.6 Å². The molecule has 2 heterocycles. The fourth-order valence-electron chi connectivity index (χ4n) is 2.52. The molecule has 0 saturated carbocycles. The summed E-state index contributed by atoms with van der Waals surface area (Å²) in [4.78, 5) is 9.84. The first-order valence-corrected chi connectivity index (χ1v) is 10.9. The lowest BCUT2D eigenvalue weighted by Gasteiger charge is -2.13. The van der Waals surface area contributed by atoms with Gasteiger partial charge < -0.3 is 15.2 Å². The number of rotatable bonds is 9. The Labute approximate surface area is 187 Å². The zero-order valence-electron chi connectivity index (χ0n) is 16.7. The maximum atomic E-state index is 4.37. The van der Waals surface area contributed by atoms with Gasteiger partial charge in [-0.25, -0.2) is 4.98 Å². The molecule has 0 fully saturated rings. The molecule has 0 spiro atoms. The van der Waals surface area contributed by atoms with Crippen LogP contribution >= 0.6 is 47.1 Å². The van der Waals surface area contributed by atoms with E-state index in [0.717, 1.165) is 47.9 Å². The summed E-state index contributed by atoms with van der Waals surface area (Å²) in [5, 5.41) is 17.4. The van der Waals surface area contributed by atoms with Crippen LogP contribution in [0.3, 0.4) is 0 Å². The van der Waals surface area contributed by atoms with Crippen molar-refractivity contribution in [2.45, 2.75) is 51.9 Å². The molecule has 7 nitrogen and oxygen atoms in total. The number of aromatic nitrogens is 4. The van der Waals surface area contributed by atoms with E-state index in [2.05, 4.69) is 56.1 Å². The molecular formula is C17H30IN7S2. The van der Waals surface area contributed by atoms with E-state index in [1.165, 1.54) is 4.88 Å². The van der Waals surface area contributed by atoms with Crippen LogP contribution in [0.4, 0.5) is 0 Å². The van der Waals surface area contributed by atoms with E-state index in [0.29, 0.717) is 12.5 Å². The van der Waals surface area contributed by atoms with Gasteiger partial charge in [0.2, 0.25) is 0 Å². The van der Waals surface area contributed by atoms with E-state index >= 15 is 0 Å². The summed E-state index contributed by atoms with van der Waals surface area (Å²) in [7, 11) is 1.78. The lowest BCUT2D eigenvalue weighted by atomic mass is 10.2. The highest BCUT2D eigenvalue weighted by atomic mass is 127. The minimum atomic E-state index is 0. The van der Waals surface area contributed by atoms with Crippen molar-refractivity contribution >= 4 is 53.0 Å². The highest BCUT2D eigenvalue weighted by Crippen LogP contribution is 2.16. The molecule has 0 bridgehead atoms. The number of aliphatic imine (C=N–C) groups is 1. The highest BCUT2D eigenvalue weighted by Gasteiger charge is 2.12. The van der Waals surface area contributed by atoms with Gasteiger partial charge in [0.05, 0.1) is 6.54 Å². The summed E-state index contributed by atoms with van der Waals surface area (Å²) in [5.41, 5.74) is 0. The Bertz CT molecular complexity index is 712. The summed E-state index contributed by atoms with van der Waals surface area (Å²) in [6, 6.07) is 0. The molecule has 0 aliphatic heterocycles. The fourth-order valence-corrected chi connectivity index (χ4v) is 3.77. The van der Waals surface area contributed by atoms with Crippen molar-refractivity contribution in [3.8, 4) is 0 Å². The van der Waals surface area contributed by atoms with Crippen molar-refractivity contribution in [3.05, 3.63) is 21.9 Å². The molecule has 10 heteroatoms. The van der Waals surface area contributed by atoms with Crippen LogP contribution in [-0.2, 0) is 19.5 Å². The third kappa shape index (κ3) is 7.94. The SMILES string of the molecule is CN=C(NCCCc1nnc(SC)n1CC(C)C)NCc1ncc(C)s1.I. The Balaban J connectivity index is 0.00000364. The molecule has 152 valence electrons. The van der Waals surface area contributed by atoms with Crippen molar-refractivity contribution in [1.29, 1.82) is 0 Å². The van der Waals surface area contributed by atoms with Crippen LogP contribution in [0.15, 0.2) is 16.3 Å². The van der Waals surface area contributed by atoms with Crippen LogP contribution in [0.25, 0.3) is 0 Å². The summed E-state index contributed by atoms with van der Waals surface area (Å²) in [6.45, 7) is 8.99. The maximum absolute atomic E-state index is 4.37. The van der Waals surface area contributed by atoms with Gasteiger partial charge in [-0.3, -0.25) is 4.99 Å². The van der Waals surface area contributed by atoms with Gasteiger partial charge in [0.1, 0.15) is 10.8 Å². The highest BCUT2D eigenvalue weighted by molar-refractivity contribution is 14.0. The summed E-state index contributed by atoms with van der Waals surface area (Å²) < 4.78 is 2.24. The second-order valence-corrected chi connectivity index (χ2v) is 8.52. The van der Waals surface area contributed by atoms with Gasteiger partial charge in [-0.2, -0.15) is 0 Å². The van der Waals surface area contributed by atoms with Gasteiger partial charge in [-0.05, 0) is 25.5 Å². The Morgan fingerprint density at radius 1 is 1.33 bits per heavy atom. The van der Waals surface area contributed by atoms with Crippen LogP contribution in [0.1, 0.15) is 36.0 Å². The number of hydrogen-bond donors (Lipinski definition) is 2. The quantitative estimate of drug-likeness (QED) is 0.173. The molecule has 0 atom stereocenters. The predicted molar refractivity (Wildman–Crippen MR) is 125 cm³/mol. The number of nitrogens with zero attached hydrogens (tertiary/aromatic N) is 5.